The van der Waals surface area contributed by atoms with Crippen molar-refractivity contribution in [3.8, 4) is 11.5 Å². The summed E-state index contributed by atoms with van der Waals surface area (Å²) in [6.45, 7) is 8.10. The molecule has 0 saturated carbocycles. The fourth-order valence-electron chi connectivity index (χ4n) is 3.82. The van der Waals surface area contributed by atoms with Gasteiger partial charge in [-0.3, -0.25) is 19.3 Å². The van der Waals surface area contributed by atoms with Crippen LogP contribution in [0, 0.1) is 27.7 Å². The first-order chi connectivity index (χ1) is 18.2. The van der Waals surface area contributed by atoms with Crippen LogP contribution in [-0.4, -0.2) is 41.7 Å². The van der Waals surface area contributed by atoms with Gasteiger partial charge >= 0.3 is 0 Å². The SMILES string of the molecule is Cc1ccc(C)c(NC(=O)COc2ccc(/C=C3\SC(=O)N(CCOc4cc(C)ccc4C)C3=O)cc2)c1. The highest BCUT2D eigenvalue weighted by atomic mass is 32.2. The average Bonchev–Trinajstić information content (AvgIpc) is 3.15. The maximum Gasteiger partial charge on any atom is 0.293 e. The number of aryl methyl sites for hydroxylation is 4. The first-order valence-electron chi connectivity index (χ1n) is 12.2. The fraction of sp³-hybridized carbons (Fsp3) is 0.233. The lowest BCUT2D eigenvalue weighted by Crippen LogP contribution is -2.32. The number of ether oxygens (including phenoxy) is 2. The van der Waals surface area contributed by atoms with Gasteiger partial charge in [0.1, 0.15) is 18.1 Å². The Kier molecular flexibility index (Phi) is 8.53. The maximum atomic E-state index is 12.8. The highest BCUT2D eigenvalue weighted by Crippen LogP contribution is 2.32. The van der Waals surface area contributed by atoms with E-state index in [1.54, 1.807) is 30.3 Å². The number of thioether (sulfide) groups is 1. The van der Waals surface area contributed by atoms with Crippen LogP contribution in [-0.2, 0) is 9.59 Å². The van der Waals surface area contributed by atoms with Crippen LogP contribution in [0.5, 0.6) is 11.5 Å². The van der Waals surface area contributed by atoms with E-state index in [1.165, 1.54) is 4.90 Å². The molecular weight excluding hydrogens is 500 g/mol. The molecule has 0 spiro atoms. The van der Waals surface area contributed by atoms with E-state index in [4.69, 9.17) is 9.47 Å². The Morgan fingerprint density at radius 3 is 2.32 bits per heavy atom. The molecule has 1 aliphatic heterocycles. The summed E-state index contributed by atoms with van der Waals surface area (Å²) in [4.78, 5) is 39.1. The fourth-order valence-corrected chi connectivity index (χ4v) is 4.68. The third kappa shape index (κ3) is 6.83. The zero-order valence-corrected chi connectivity index (χ0v) is 22.7. The van der Waals surface area contributed by atoms with Crippen molar-refractivity contribution >= 4 is 40.6 Å². The van der Waals surface area contributed by atoms with Crippen molar-refractivity contribution in [2.24, 2.45) is 0 Å². The van der Waals surface area contributed by atoms with E-state index in [9.17, 15) is 14.4 Å². The summed E-state index contributed by atoms with van der Waals surface area (Å²) in [6, 6.07) is 18.8. The van der Waals surface area contributed by atoms with E-state index in [1.807, 2.05) is 64.1 Å². The lowest BCUT2D eigenvalue weighted by Gasteiger charge is -2.14. The zero-order valence-electron chi connectivity index (χ0n) is 21.9. The molecule has 0 aliphatic carbocycles. The van der Waals surface area contributed by atoms with Crippen LogP contribution in [0.4, 0.5) is 10.5 Å². The van der Waals surface area contributed by atoms with Crippen LogP contribution >= 0.6 is 11.8 Å². The second-order valence-corrected chi connectivity index (χ2v) is 10.2. The zero-order chi connectivity index (χ0) is 27.2. The van der Waals surface area contributed by atoms with Crippen LogP contribution in [0.2, 0.25) is 0 Å². The predicted molar refractivity (Wildman–Crippen MR) is 151 cm³/mol. The van der Waals surface area contributed by atoms with Crippen molar-refractivity contribution in [2.75, 3.05) is 25.1 Å². The number of rotatable bonds is 9. The minimum atomic E-state index is -0.340. The number of hydrogen-bond acceptors (Lipinski definition) is 6. The van der Waals surface area contributed by atoms with Gasteiger partial charge in [0.25, 0.3) is 17.1 Å². The molecule has 196 valence electrons. The van der Waals surface area contributed by atoms with E-state index < -0.39 is 0 Å². The topological polar surface area (TPSA) is 84.9 Å². The first-order valence-corrected chi connectivity index (χ1v) is 13.1. The molecule has 0 unspecified atom stereocenters. The van der Waals surface area contributed by atoms with E-state index in [0.29, 0.717) is 10.7 Å². The first kappa shape index (κ1) is 27.0. The third-order valence-corrected chi connectivity index (χ3v) is 6.91. The molecule has 0 bridgehead atoms. The van der Waals surface area contributed by atoms with Crippen LogP contribution in [0.1, 0.15) is 27.8 Å². The molecule has 1 heterocycles. The summed E-state index contributed by atoms with van der Waals surface area (Å²) in [6.07, 6.45) is 1.67. The molecule has 3 aromatic carbocycles. The van der Waals surface area contributed by atoms with Crippen molar-refractivity contribution < 1.29 is 23.9 Å². The standard InChI is InChI=1S/C30H30N2O5S/c1-19-5-7-21(3)25(15-19)31-28(33)18-37-24-11-9-23(10-12-24)17-27-29(34)32(30(35)38-27)13-14-36-26-16-20(2)6-8-22(26)4/h5-12,15-17H,13-14,18H2,1-4H3,(H,31,33)/b27-17-. The molecule has 4 rings (SSSR count). The Morgan fingerprint density at radius 1 is 0.895 bits per heavy atom. The molecule has 0 radical (unpaired) electrons. The Morgan fingerprint density at radius 2 is 1.58 bits per heavy atom. The third-order valence-electron chi connectivity index (χ3n) is 6.00. The summed E-state index contributed by atoms with van der Waals surface area (Å²) >= 11 is 0.909. The normalized spacial score (nSPS) is 14.2. The number of amides is 3. The molecule has 3 amide bonds. The molecular formula is C30H30N2O5S. The molecule has 0 aromatic heterocycles. The summed E-state index contributed by atoms with van der Waals surface area (Å²) < 4.78 is 11.4. The van der Waals surface area contributed by atoms with E-state index in [-0.39, 0.29) is 36.8 Å². The molecule has 3 aromatic rings. The number of nitrogens with zero attached hydrogens (tertiary/aromatic N) is 1. The van der Waals surface area contributed by atoms with Crippen LogP contribution < -0.4 is 14.8 Å². The summed E-state index contributed by atoms with van der Waals surface area (Å²) in [5, 5.41) is 2.54. The van der Waals surface area contributed by atoms with Crippen LogP contribution in [0.15, 0.2) is 65.6 Å². The Bertz CT molecular complexity index is 1400. The highest BCUT2D eigenvalue weighted by Gasteiger charge is 2.34. The van der Waals surface area contributed by atoms with Crippen molar-refractivity contribution in [2.45, 2.75) is 27.7 Å². The number of hydrogen-bond donors (Lipinski definition) is 1. The predicted octanol–water partition coefficient (Wildman–Crippen LogP) is 6.05. The monoisotopic (exact) mass is 530 g/mol. The van der Waals surface area contributed by atoms with Gasteiger partial charge in [-0.2, -0.15) is 0 Å². The van der Waals surface area contributed by atoms with E-state index in [2.05, 4.69) is 5.32 Å². The molecule has 38 heavy (non-hydrogen) atoms. The van der Waals surface area contributed by atoms with Gasteiger partial charge in [0.05, 0.1) is 11.4 Å². The van der Waals surface area contributed by atoms with Crippen molar-refractivity contribution in [3.05, 3.63) is 93.4 Å². The average molecular weight is 531 g/mol. The number of nitrogens with one attached hydrogen (secondary N) is 1. The molecule has 0 atom stereocenters. The van der Waals surface area contributed by atoms with E-state index in [0.717, 1.165) is 51.0 Å². The molecule has 1 fully saturated rings. The van der Waals surface area contributed by atoms with Gasteiger partial charge in [0.15, 0.2) is 6.61 Å². The Labute approximate surface area is 226 Å². The second-order valence-electron chi connectivity index (χ2n) is 9.18. The number of benzene rings is 3. The summed E-state index contributed by atoms with van der Waals surface area (Å²) in [5.74, 6) is 0.679. The largest absolute Gasteiger partial charge is 0.491 e. The Balaban J connectivity index is 1.29. The van der Waals surface area contributed by atoms with Gasteiger partial charge in [0.2, 0.25) is 0 Å². The highest BCUT2D eigenvalue weighted by molar-refractivity contribution is 8.18. The minimum absolute atomic E-state index is 0.129. The van der Waals surface area contributed by atoms with Gasteiger partial charge in [-0.1, -0.05) is 36.4 Å². The van der Waals surface area contributed by atoms with Gasteiger partial charge in [-0.15, -0.1) is 0 Å². The quantitative estimate of drug-likeness (QED) is 0.339. The van der Waals surface area contributed by atoms with Crippen LogP contribution in [0.3, 0.4) is 0 Å². The van der Waals surface area contributed by atoms with Crippen molar-refractivity contribution in [1.29, 1.82) is 0 Å². The van der Waals surface area contributed by atoms with Crippen molar-refractivity contribution in [3.63, 3.8) is 0 Å². The molecule has 8 heteroatoms. The van der Waals surface area contributed by atoms with Gasteiger partial charge in [0, 0.05) is 5.69 Å². The van der Waals surface area contributed by atoms with Gasteiger partial charge in [-0.05, 0) is 97.6 Å². The molecule has 1 N–H and O–H groups in total. The number of carbonyl (C=O) groups excluding carboxylic acids is 3. The van der Waals surface area contributed by atoms with Gasteiger partial charge < -0.3 is 14.8 Å². The number of imide groups is 1. The maximum absolute atomic E-state index is 12.8. The molecule has 7 nitrogen and oxygen atoms in total. The molecule has 1 aliphatic rings. The summed E-state index contributed by atoms with van der Waals surface area (Å²) in [7, 11) is 0. The van der Waals surface area contributed by atoms with Crippen LogP contribution in [0.25, 0.3) is 6.08 Å². The molecule has 1 saturated heterocycles. The number of anilines is 1. The van der Waals surface area contributed by atoms with Crippen molar-refractivity contribution in [1.82, 2.24) is 4.90 Å². The second kappa shape index (κ2) is 12.0. The van der Waals surface area contributed by atoms with Gasteiger partial charge in [-0.25, -0.2) is 0 Å². The Hall–Kier alpha value is -4.04. The smallest absolute Gasteiger partial charge is 0.293 e. The number of carbonyl (C=O) groups is 3. The van der Waals surface area contributed by atoms with E-state index >= 15 is 0 Å². The lowest BCUT2D eigenvalue weighted by molar-refractivity contribution is -0.123. The summed E-state index contributed by atoms with van der Waals surface area (Å²) in [5.41, 5.74) is 5.63. The lowest BCUT2D eigenvalue weighted by atomic mass is 10.1. The minimum Gasteiger partial charge on any atom is -0.491 e.